The van der Waals surface area contributed by atoms with Gasteiger partial charge in [-0.25, -0.2) is 0 Å². The highest BCUT2D eigenvalue weighted by Crippen LogP contribution is 2.52. The number of allylic oxidation sites excluding steroid dienone is 1. The average Bonchev–Trinajstić information content (AvgIpc) is 2.83. The maximum atomic E-state index is 13.8. The number of hydrogen-bond donors (Lipinski definition) is 5. The Morgan fingerprint density at radius 1 is 1.14 bits per heavy atom. The molecular weight excluding hydrogens is 478 g/mol. The van der Waals surface area contributed by atoms with Crippen LogP contribution >= 0.6 is 0 Å². The minimum absolute atomic E-state index is 0.0651. The second-order valence-electron chi connectivity index (χ2n) is 10.9. The standard InChI is InChI=1S/C27H33N3O7/c1-29(2)21-16-11-14-10-15-13(12-30-8-4-3-5-9-30)6-7-17(31)19(15)22(32)18(14)24(34)27(16,37)25(35)20(23(21)33)26(28)36/h6-7,14,16,21,31,33-34,37H,3-5,8-12H2,1-2H3,(H2,28,36)/t14-,16-,21+,27-/m1/s1. The van der Waals surface area contributed by atoms with Gasteiger partial charge in [0.2, 0.25) is 5.78 Å². The highest BCUT2D eigenvalue weighted by Gasteiger charge is 2.63. The molecule has 0 saturated carbocycles. The summed E-state index contributed by atoms with van der Waals surface area (Å²) in [7, 11) is 3.23. The number of fused-ring (bicyclic) bond motifs is 3. The molecule has 0 bridgehead atoms. The van der Waals surface area contributed by atoms with Crippen molar-refractivity contribution in [1.29, 1.82) is 0 Å². The number of piperidine rings is 1. The van der Waals surface area contributed by atoms with Crippen LogP contribution in [0.5, 0.6) is 5.75 Å². The summed E-state index contributed by atoms with van der Waals surface area (Å²) in [5.41, 5.74) is 3.49. The van der Waals surface area contributed by atoms with Gasteiger partial charge in [-0.15, -0.1) is 0 Å². The van der Waals surface area contributed by atoms with E-state index in [-0.39, 0.29) is 23.3 Å². The number of phenols is 1. The monoisotopic (exact) mass is 511 g/mol. The number of aliphatic hydroxyl groups is 3. The molecule has 0 aromatic heterocycles. The van der Waals surface area contributed by atoms with E-state index in [9.17, 15) is 34.8 Å². The molecule has 1 aromatic carbocycles. The van der Waals surface area contributed by atoms with Gasteiger partial charge in [0.05, 0.1) is 11.6 Å². The number of aromatic hydroxyl groups is 1. The van der Waals surface area contributed by atoms with Gasteiger partial charge in [0.1, 0.15) is 22.8 Å². The van der Waals surface area contributed by atoms with Crippen LogP contribution in [0.4, 0.5) is 0 Å². The summed E-state index contributed by atoms with van der Waals surface area (Å²) in [6.45, 7) is 2.54. The number of likely N-dealkylation sites (N-methyl/N-ethyl adjacent to an activating group) is 1. The molecule has 1 fully saturated rings. The molecule has 1 heterocycles. The summed E-state index contributed by atoms with van der Waals surface area (Å²) in [6.07, 6.45) is 3.80. The van der Waals surface area contributed by atoms with Crippen molar-refractivity contribution in [2.45, 2.75) is 50.3 Å². The van der Waals surface area contributed by atoms with Crippen molar-refractivity contribution in [3.63, 3.8) is 0 Å². The predicted molar refractivity (Wildman–Crippen MR) is 133 cm³/mol. The molecule has 1 aromatic rings. The van der Waals surface area contributed by atoms with E-state index in [0.29, 0.717) is 18.5 Å². The van der Waals surface area contributed by atoms with E-state index in [1.165, 1.54) is 12.5 Å². The number of carbonyl (C=O) groups is 3. The second-order valence-corrected chi connectivity index (χ2v) is 10.9. The Hall–Kier alpha value is -3.21. The first-order valence-electron chi connectivity index (χ1n) is 12.7. The lowest BCUT2D eigenvalue weighted by Crippen LogP contribution is -2.63. The van der Waals surface area contributed by atoms with E-state index < -0.39 is 58.0 Å². The van der Waals surface area contributed by atoms with Crippen LogP contribution in [0.2, 0.25) is 0 Å². The van der Waals surface area contributed by atoms with Crippen molar-refractivity contribution in [3.8, 4) is 5.75 Å². The number of phenolic OH excluding ortho intramolecular Hbond substituents is 1. The fourth-order valence-electron chi connectivity index (χ4n) is 6.82. The zero-order valence-electron chi connectivity index (χ0n) is 21.0. The largest absolute Gasteiger partial charge is 0.510 e. The first-order valence-corrected chi connectivity index (χ1v) is 12.7. The third-order valence-corrected chi connectivity index (χ3v) is 8.55. The Bertz CT molecular complexity index is 1260. The molecule has 198 valence electrons. The SMILES string of the molecule is CN(C)[C@@H]1C(O)=C(C(N)=O)C(=O)[C@]2(O)C(O)=C3C(=O)c4c(O)ccc(CN5CCCCC5)c4C[C@@H]3C[C@H]12. The van der Waals surface area contributed by atoms with Gasteiger partial charge in [-0.2, -0.15) is 0 Å². The molecule has 1 aliphatic heterocycles. The molecule has 0 radical (unpaired) electrons. The van der Waals surface area contributed by atoms with Gasteiger partial charge in [0, 0.05) is 18.0 Å². The predicted octanol–water partition coefficient (Wildman–Crippen LogP) is 1.11. The summed E-state index contributed by atoms with van der Waals surface area (Å²) in [4.78, 5) is 43.0. The number of nitrogens with zero attached hydrogens (tertiary/aromatic N) is 2. The Kier molecular flexibility index (Phi) is 6.17. The van der Waals surface area contributed by atoms with Gasteiger partial charge in [-0.05, 0) is 76.0 Å². The van der Waals surface area contributed by atoms with Gasteiger partial charge in [-0.3, -0.25) is 24.2 Å². The summed E-state index contributed by atoms with van der Waals surface area (Å²) in [5, 5.41) is 44.5. The summed E-state index contributed by atoms with van der Waals surface area (Å²) in [5.74, 6) is -6.34. The van der Waals surface area contributed by atoms with Crippen LogP contribution in [-0.2, 0) is 22.6 Å². The molecule has 6 N–H and O–H groups in total. The number of rotatable bonds is 4. The normalized spacial score (nSPS) is 30.3. The molecule has 1 saturated heterocycles. The van der Waals surface area contributed by atoms with E-state index in [2.05, 4.69) is 4.90 Å². The number of carbonyl (C=O) groups excluding carboxylic acids is 3. The third-order valence-electron chi connectivity index (χ3n) is 8.55. The van der Waals surface area contributed by atoms with Crippen molar-refractivity contribution >= 4 is 17.5 Å². The Morgan fingerprint density at radius 3 is 2.43 bits per heavy atom. The fourth-order valence-corrected chi connectivity index (χ4v) is 6.82. The number of likely N-dealkylation sites (tertiary alicyclic amines) is 1. The Balaban J connectivity index is 1.64. The molecule has 10 heteroatoms. The van der Waals surface area contributed by atoms with Gasteiger partial charge in [0.15, 0.2) is 11.4 Å². The van der Waals surface area contributed by atoms with Crippen molar-refractivity contribution in [1.82, 2.24) is 9.80 Å². The molecule has 4 aliphatic rings. The fraction of sp³-hybridized carbons (Fsp3) is 0.519. The van der Waals surface area contributed by atoms with Crippen LogP contribution in [0.3, 0.4) is 0 Å². The van der Waals surface area contributed by atoms with Crippen LogP contribution < -0.4 is 5.73 Å². The third kappa shape index (κ3) is 3.69. The first kappa shape index (κ1) is 25.4. The minimum Gasteiger partial charge on any atom is -0.510 e. The lowest BCUT2D eigenvalue weighted by molar-refractivity contribution is -0.148. The highest BCUT2D eigenvalue weighted by molar-refractivity contribution is 6.24. The zero-order chi connectivity index (χ0) is 26.8. The number of ketones is 2. The molecule has 1 amide bonds. The molecule has 0 unspecified atom stereocenters. The molecule has 37 heavy (non-hydrogen) atoms. The van der Waals surface area contributed by atoms with E-state index in [4.69, 9.17) is 5.73 Å². The molecule has 4 atom stereocenters. The lowest BCUT2D eigenvalue weighted by atomic mass is 9.58. The number of nitrogens with two attached hydrogens (primary N) is 1. The van der Waals surface area contributed by atoms with Crippen molar-refractivity contribution in [2.75, 3.05) is 27.2 Å². The number of aliphatic hydroxyl groups excluding tert-OH is 2. The second kappa shape index (κ2) is 8.97. The smallest absolute Gasteiger partial charge is 0.255 e. The number of hydrogen-bond acceptors (Lipinski definition) is 9. The van der Waals surface area contributed by atoms with Gasteiger partial charge in [0.25, 0.3) is 5.91 Å². The molecule has 0 spiro atoms. The van der Waals surface area contributed by atoms with E-state index >= 15 is 0 Å². The molecule has 3 aliphatic carbocycles. The summed E-state index contributed by atoms with van der Waals surface area (Å²) in [6, 6.07) is 2.29. The number of Topliss-reactive ketones (excluding diaryl/α,β-unsaturated/α-hetero) is 2. The van der Waals surface area contributed by atoms with Crippen LogP contribution in [0, 0.1) is 11.8 Å². The van der Waals surface area contributed by atoms with Crippen molar-refractivity contribution < 1.29 is 34.8 Å². The van der Waals surface area contributed by atoms with Gasteiger partial charge >= 0.3 is 0 Å². The van der Waals surface area contributed by atoms with Gasteiger partial charge < -0.3 is 26.2 Å². The maximum absolute atomic E-state index is 13.8. The van der Waals surface area contributed by atoms with E-state index in [0.717, 1.165) is 31.5 Å². The molecule has 10 nitrogen and oxygen atoms in total. The molecule has 5 rings (SSSR count). The average molecular weight is 512 g/mol. The Labute approximate surface area is 214 Å². The lowest BCUT2D eigenvalue weighted by Gasteiger charge is -2.50. The number of benzene rings is 1. The maximum Gasteiger partial charge on any atom is 0.255 e. The summed E-state index contributed by atoms with van der Waals surface area (Å²) < 4.78 is 0. The van der Waals surface area contributed by atoms with Crippen molar-refractivity contribution in [3.05, 3.63) is 51.5 Å². The number of primary amides is 1. The van der Waals surface area contributed by atoms with E-state index in [1.54, 1.807) is 19.0 Å². The minimum atomic E-state index is -2.62. The first-order chi connectivity index (χ1) is 17.5. The topological polar surface area (TPSA) is 165 Å². The van der Waals surface area contributed by atoms with E-state index in [1.807, 2.05) is 6.07 Å². The van der Waals surface area contributed by atoms with Crippen LogP contribution in [0.1, 0.15) is 47.2 Å². The van der Waals surface area contributed by atoms with Gasteiger partial charge in [-0.1, -0.05) is 12.5 Å². The van der Waals surface area contributed by atoms with Crippen LogP contribution in [0.25, 0.3) is 0 Å². The van der Waals surface area contributed by atoms with Crippen LogP contribution in [-0.4, -0.2) is 86.5 Å². The Morgan fingerprint density at radius 2 is 1.81 bits per heavy atom. The molecular formula is C27H33N3O7. The van der Waals surface area contributed by atoms with Crippen LogP contribution in [0.15, 0.2) is 34.8 Å². The summed E-state index contributed by atoms with van der Waals surface area (Å²) >= 11 is 0. The highest BCUT2D eigenvalue weighted by atomic mass is 16.3. The number of amides is 1. The quantitative estimate of drug-likeness (QED) is 0.372. The van der Waals surface area contributed by atoms with Crippen molar-refractivity contribution in [2.24, 2.45) is 17.6 Å². The zero-order valence-corrected chi connectivity index (χ0v) is 21.0.